The Morgan fingerprint density at radius 3 is 2.26 bits per heavy atom. The Kier molecular flexibility index (Phi) is 6.06. The van der Waals surface area contributed by atoms with Gasteiger partial charge < -0.3 is 10.6 Å². The lowest BCUT2D eigenvalue weighted by Gasteiger charge is -2.29. The Bertz CT molecular complexity index is 386. The fourth-order valence-corrected chi connectivity index (χ4v) is 2.43. The van der Waals surface area contributed by atoms with Gasteiger partial charge in [-0.1, -0.05) is 40.5 Å². The number of hydrogen-bond donors (Lipinski definition) is 1. The lowest BCUT2D eigenvalue weighted by atomic mass is 10.0. The zero-order chi connectivity index (χ0) is 14.4. The smallest absolute Gasteiger partial charge is 0.137 e. The van der Waals surface area contributed by atoms with Gasteiger partial charge in [-0.25, -0.2) is 9.97 Å². The summed E-state index contributed by atoms with van der Waals surface area (Å²) in [6, 6.07) is 0. The minimum atomic E-state index is 0.340. The fourth-order valence-electron chi connectivity index (χ4n) is 2.43. The minimum Gasteiger partial charge on any atom is -0.383 e. The lowest BCUT2D eigenvalue weighted by Crippen LogP contribution is -2.31. The molecule has 0 bridgehead atoms. The summed E-state index contributed by atoms with van der Waals surface area (Å²) in [5.41, 5.74) is 7.11. The van der Waals surface area contributed by atoms with Gasteiger partial charge in [0, 0.05) is 18.7 Å². The second-order valence-electron chi connectivity index (χ2n) is 5.37. The van der Waals surface area contributed by atoms with Gasteiger partial charge in [0.05, 0.1) is 0 Å². The second-order valence-corrected chi connectivity index (χ2v) is 5.37. The van der Waals surface area contributed by atoms with Crippen LogP contribution in [0, 0.1) is 5.92 Å². The molecule has 0 saturated carbocycles. The molecule has 1 heterocycles. The van der Waals surface area contributed by atoms with E-state index in [0.717, 1.165) is 24.5 Å². The molecule has 0 unspecified atom stereocenters. The van der Waals surface area contributed by atoms with Gasteiger partial charge in [-0.3, -0.25) is 0 Å². The molecule has 0 aliphatic rings. The zero-order valence-corrected chi connectivity index (χ0v) is 13.0. The quantitative estimate of drug-likeness (QED) is 0.819. The van der Waals surface area contributed by atoms with Gasteiger partial charge in [-0.2, -0.15) is 0 Å². The van der Waals surface area contributed by atoms with Crippen LogP contribution in [0.5, 0.6) is 0 Å². The highest BCUT2D eigenvalue weighted by Gasteiger charge is 2.19. The lowest BCUT2D eigenvalue weighted by molar-refractivity contribution is 0.483. The van der Waals surface area contributed by atoms with E-state index in [1.165, 1.54) is 12.8 Å². The standard InChI is InChI=1S/C15H28N4/c1-6-12(7-2)9-19(8-3)15-13(11(4)5)14(16)17-10-18-15/h10-12H,6-9H2,1-5H3,(H2,16,17,18). The molecule has 4 heteroatoms. The third-order valence-corrected chi connectivity index (χ3v) is 3.79. The number of anilines is 2. The normalized spacial score (nSPS) is 11.3. The molecule has 1 rings (SSSR count). The molecule has 1 aromatic rings. The first-order valence-corrected chi connectivity index (χ1v) is 7.40. The summed E-state index contributed by atoms with van der Waals surface area (Å²) in [5.74, 6) is 2.67. The summed E-state index contributed by atoms with van der Waals surface area (Å²) >= 11 is 0. The van der Waals surface area contributed by atoms with Gasteiger partial charge in [-0.05, 0) is 18.8 Å². The van der Waals surface area contributed by atoms with Crippen molar-refractivity contribution in [2.45, 2.75) is 53.4 Å². The van der Waals surface area contributed by atoms with E-state index in [2.05, 4.69) is 49.5 Å². The van der Waals surface area contributed by atoms with Crippen LogP contribution in [-0.4, -0.2) is 23.1 Å². The summed E-state index contributed by atoms with van der Waals surface area (Å²) in [6.07, 6.45) is 3.97. The highest BCUT2D eigenvalue weighted by molar-refractivity contribution is 5.58. The van der Waals surface area contributed by atoms with Crippen LogP contribution < -0.4 is 10.6 Å². The fraction of sp³-hybridized carbons (Fsp3) is 0.733. The Hall–Kier alpha value is -1.32. The highest BCUT2D eigenvalue weighted by atomic mass is 15.2. The maximum atomic E-state index is 6.03. The molecule has 0 radical (unpaired) electrons. The van der Waals surface area contributed by atoms with Crippen LogP contribution in [0.4, 0.5) is 11.6 Å². The molecule has 0 amide bonds. The molecular formula is C15H28N4. The van der Waals surface area contributed by atoms with Gasteiger partial charge in [0.1, 0.15) is 18.0 Å². The van der Waals surface area contributed by atoms with Gasteiger partial charge in [0.25, 0.3) is 0 Å². The van der Waals surface area contributed by atoms with Crippen molar-refractivity contribution in [3.05, 3.63) is 11.9 Å². The minimum absolute atomic E-state index is 0.340. The number of nitrogens with two attached hydrogens (primary N) is 1. The second kappa shape index (κ2) is 7.31. The third-order valence-electron chi connectivity index (χ3n) is 3.79. The molecule has 0 aliphatic carbocycles. The first kappa shape index (κ1) is 15.7. The van der Waals surface area contributed by atoms with Crippen molar-refractivity contribution in [2.24, 2.45) is 5.92 Å². The zero-order valence-electron chi connectivity index (χ0n) is 13.0. The van der Waals surface area contributed by atoms with Gasteiger partial charge in [0.15, 0.2) is 0 Å². The molecule has 2 N–H and O–H groups in total. The van der Waals surface area contributed by atoms with Crippen LogP contribution in [0.25, 0.3) is 0 Å². The molecule has 19 heavy (non-hydrogen) atoms. The maximum absolute atomic E-state index is 6.03. The van der Waals surface area contributed by atoms with Crippen molar-refractivity contribution >= 4 is 11.6 Å². The van der Waals surface area contributed by atoms with E-state index < -0.39 is 0 Å². The third kappa shape index (κ3) is 3.82. The summed E-state index contributed by atoms with van der Waals surface area (Å²) in [7, 11) is 0. The van der Waals surface area contributed by atoms with E-state index in [1.807, 2.05) is 0 Å². The molecule has 108 valence electrons. The monoisotopic (exact) mass is 264 g/mol. The van der Waals surface area contributed by atoms with Crippen LogP contribution in [-0.2, 0) is 0 Å². The number of nitrogens with zero attached hydrogens (tertiary/aromatic N) is 3. The van der Waals surface area contributed by atoms with E-state index in [4.69, 9.17) is 5.73 Å². The van der Waals surface area contributed by atoms with E-state index in [0.29, 0.717) is 17.7 Å². The van der Waals surface area contributed by atoms with Gasteiger partial charge >= 0.3 is 0 Å². The SMILES string of the molecule is CCC(CC)CN(CC)c1ncnc(N)c1C(C)C. The number of rotatable bonds is 7. The Morgan fingerprint density at radius 1 is 1.16 bits per heavy atom. The molecule has 0 saturated heterocycles. The van der Waals surface area contributed by atoms with Crippen molar-refractivity contribution in [3.63, 3.8) is 0 Å². The molecule has 0 atom stereocenters. The summed E-state index contributed by atoms with van der Waals surface area (Å²) < 4.78 is 0. The topological polar surface area (TPSA) is 55.0 Å². The Morgan fingerprint density at radius 2 is 1.79 bits per heavy atom. The van der Waals surface area contributed by atoms with Crippen LogP contribution in [0.3, 0.4) is 0 Å². The maximum Gasteiger partial charge on any atom is 0.137 e. The van der Waals surface area contributed by atoms with Crippen LogP contribution in [0.2, 0.25) is 0 Å². The van der Waals surface area contributed by atoms with Crippen molar-refractivity contribution < 1.29 is 0 Å². The van der Waals surface area contributed by atoms with E-state index >= 15 is 0 Å². The van der Waals surface area contributed by atoms with Crippen LogP contribution in [0.15, 0.2) is 6.33 Å². The molecule has 0 fully saturated rings. The Labute approximate surface area is 117 Å². The molecule has 0 spiro atoms. The van der Waals surface area contributed by atoms with Gasteiger partial charge in [-0.15, -0.1) is 0 Å². The highest BCUT2D eigenvalue weighted by Crippen LogP contribution is 2.29. The van der Waals surface area contributed by atoms with Crippen LogP contribution in [0.1, 0.15) is 58.9 Å². The summed E-state index contributed by atoms with van der Waals surface area (Å²) in [5, 5.41) is 0. The van der Waals surface area contributed by atoms with Crippen molar-refractivity contribution in [1.82, 2.24) is 9.97 Å². The molecule has 0 aromatic carbocycles. The molecule has 0 aliphatic heterocycles. The van der Waals surface area contributed by atoms with Crippen molar-refractivity contribution in [1.29, 1.82) is 0 Å². The molecular weight excluding hydrogens is 236 g/mol. The van der Waals surface area contributed by atoms with Crippen molar-refractivity contribution in [2.75, 3.05) is 23.7 Å². The first-order valence-electron chi connectivity index (χ1n) is 7.40. The number of nitrogen functional groups attached to an aromatic ring is 1. The van der Waals surface area contributed by atoms with E-state index in [-0.39, 0.29) is 0 Å². The van der Waals surface area contributed by atoms with E-state index in [9.17, 15) is 0 Å². The van der Waals surface area contributed by atoms with Crippen molar-refractivity contribution in [3.8, 4) is 0 Å². The summed E-state index contributed by atoms with van der Waals surface area (Å²) in [6.45, 7) is 12.9. The van der Waals surface area contributed by atoms with Crippen LogP contribution >= 0.6 is 0 Å². The predicted molar refractivity (Wildman–Crippen MR) is 82.5 cm³/mol. The molecule has 4 nitrogen and oxygen atoms in total. The number of aromatic nitrogens is 2. The van der Waals surface area contributed by atoms with Gasteiger partial charge in [0.2, 0.25) is 0 Å². The first-order chi connectivity index (χ1) is 9.04. The predicted octanol–water partition coefficient (Wildman–Crippen LogP) is 3.44. The average Bonchev–Trinajstić information content (AvgIpc) is 2.39. The largest absolute Gasteiger partial charge is 0.383 e. The average molecular weight is 264 g/mol. The molecule has 1 aromatic heterocycles. The Balaban J connectivity index is 3.07. The number of hydrogen-bond acceptors (Lipinski definition) is 4. The van der Waals surface area contributed by atoms with E-state index in [1.54, 1.807) is 6.33 Å². The summed E-state index contributed by atoms with van der Waals surface area (Å²) in [4.78, 5) is 11.0.